The fraction of sp³-hybridized carbons (Fsp3) is 0.296. The van der Waals surface area contributed by atoms with Crippen LogP contribution in [0.5, 0.6) is 0 Å². The molecule has 2 aromatic carbocycles. The number of aromatic nitrogens is 1. The quantitative estimate of drug-likeness (QED) is 0.490. The van der Waals surface area contributed by atoms with Crippen molar-refractivity contribution in [1.82, 2.24) is 9.29 Å². The van der Waals surface area contributed by atoms with E-state index < -0.39 is 10.0 Å². The van der Waals surface area contributed by atoms with Crippen molar-refractivity contribution in [1.29, 1.82) is 0 Å². The second-order valence-electron chi connectivity index (χ2n) is 9.15. The van der Waals surface area contributed by atoms with Gasteiger partial charge >= 0.3 is 0 Å². The number of allylic oxidation sites excluding steroid dienone is 1. The molecule has 2 aliphatic rings. The predicted molar refractivity (Wildman–Crippen MR) is 138 cm³/mol. The second kappa shape index (κ2) is 9.57. The summed E-state index contributed by atoms with van der Waals surface area (Å²) in [6.45, 7) is 2.83. The first-order valence-electron chi connectivity index (χ1n) is 11.8. The molecule has 0 radical (unpaired) electrons. The Morgan fingerprint density at radius 1 is 1.14 bits per heavy atom. The first-order chi connectivity index (χ1) is 17.2. The molecule has 9 heteroatoms. The summed E-state index contributed by atoms with van der Waals surface area (Å²) in [5.41, 5.74) is 3.47. The molecule has 3 aromatic rings. The SMILES string of the molecule is CC(=O)N1/C(=C\c2ccc3cc(CN(C4CCOCC4)S(C)(=O)=O)ccc3n2)C(=O)c2ccccc21. The molecule has 0 N–H and O–H groups in total. The van der Waals surface area contributed by atoms with Gasteiger partial charge in [0, 0.05) is 43.7 Å². The van der Waals surface area contributed by atoms with Crippen LogP contribution in [0.2, 0.25) is 0 Å². The van der Waals surface area contributed by atoms with Crippen LogP contribution >= 0.6 is 0 Å². The molecule has 36 heavy (non-hydrogen) atoms. The van der Waals surface area contributed by atoms with Crippen molar-refractivity contribution in [2.24, 2.45) is 0 Å². The lowest BCUT2D eigenvalue weighted by Gasteiger charge is -2.32. The van der Waals surface area contributed by atoms with E-state index in [9.17, 15) is 18.0 Å². The third kappa shape index (κ3) is 4.69. The monoisotopic (exact) mass is 505 g/mol. The molecule has 0 saturated carbocycles. The summed E-state index contributed by atoms with van der Waals surface area (Å²) < 4.78 is 32.0. The Kier molecular flexibility index (Phi) is 6.46. The number of ether oxygens (including phenoxy) is 1. The molecule has 0 bridgehead atoms. The van der Waals surface area contributed by atoms with Crippen molar-refractivity contribution >= 4 is 44.4 Å². The summed E-state index contributed by atoms with van der Waals surface area (Å²) in [7, 11) is -3.39. The first-order valence-corrected chi connectivity index (χ1v) is 13.7. The Morgan fingerprint density at radius 3 is 2.61 bits per heavy atom. The molecule has 8 nitrogen and oxygen atoms in total. The normalized spacial score (nSPS) is 17.8. The maximum atomic E-state index is 13.0. The fourth-order valence-electron chi connectivity index (χ4n) is 4.88. The highest BCUT2D eigenvalue weighted by atomic mass is 32.2. The first kappa shape index (κ1) is 24.3. The summed E-state index contributed by atoms with van der Waals surface area (Å²) in [6.07, 6.45) is 4.24. The molecule has 2 aliphatic heterocycles. The number of nitrogens with zero attached hydrogens (tertiary/aromatic N) is 3. The van der Waals surface area contributed by atoms with E-state index in [4.69, 9.17) is 4.74 Å². The molecule has 0 spiro atoms. The van der Waals surface area contributed by atoms with E-state index in [-0.39, 0.29) is 30.0 Å². The highest BCUT2D eigenvalue weighted by Crippen LogP contribution is 2.35. The molecule has 1 fully saturated rings. The second-order valence-corrected chi connectivity index (χ2v) is 11.1. The number of para-hydroxylation sites is 1. The van der Waals surface area contributed by atoms with Crippen molar-refractivity contribution < 1.29 is 22.7 Å². The summed E-state index contributed by atoms with van der Waals surface area (Å²) in [5, 5.41) is 0.861. The Bertz CT molecular complexity index is 1490. The van der Waals surface area contributed by atoms with Crippen LogP contribution in [0.15, 0.2) is 60.3 Å². The molecule has 186 valence electrons. The zero-order valence-corrected chi connectivity index (χ0v) is 21.0. The van der Waals surface area contributed by atoms with Crippen LogP contribution in [-0.2, 0) is 26.1 Å². The molecule has 1 aromatic heterocycles. The van der Waals surface area contributed by atoms with Crippen molar-refractivity contribution in [3.8, 4) is 0 Å². The van der Waals surface area contributed by atoms with Crippen molar-refractivity contribution in [2.45, 2.75) is 32.4 Å². The van der Waals surface area contributed by atoms with Gasteiger partial charge in [0.15, 0.2) is 0 Å². The minimum Gasteiger partial charge on any atom is -0.381 e. The number of hydrogen-bond acceptors (Lipinski definition) is 6. The maximum Gasteiger partial charge on any atom is 0.228 e. The maximum absolute atomic E-state index is 13.0. The number of sulfonamides is 1. The zero-order valence-electron chi connectivity index (χ0n) is 20.2. The molecule has 3 heterocycles. The number of fused-ring (bicyclic) bond motifs is 2. The third-order valence-corrected chi connectivity index (χ3v) is 7.88. The van der Waals surface area contributed by atoms with Crippen LogP contribution in [0, 0.1) is 0 Å². The van der Waals surface area contributed by atoms with Gasteiger partial charge in [0.05, 0.1) is 28.9 Å². The van der Waals surface area contributed by atoms with E-state index in [0.717, 1.165) is 10.9 Å². The Hall–Kier alpha value is -3.40. The van der Waals surface area contributed by atoms with Crippen LogP contribution < -0.4 is 4.90 Å². The number of rotatable bonds is 5. The van der Waals surface area contributed by atoms with Crippen LogP contribution in [0.25, 0.3) is 17.0 Å². The van der Waals surface area contributed by atoms with Crippen LogP contribution in [0.4, 0.5) is 5.69 Å². The largest absolute Gasteiger partial charge is 0.381 e. The average Bonchev–Trinajstić information content (AvgIpc) is 3.14. The minimum atomic E-state index is -3.39. The number of benzene rings is 2. The zero-order chi connectivity index (χ0) is 25.4. The van der Waals surface area contributed by atoms with E-state index >= 15 is 0 Å². The van der Waals surface area contributed by atoms with E-state index in [1.165, 1.54) is 18.1 Å². The third-order valence-electron chi connectivity index (χ3n) is 6.60. The summed E-state index contributed by atoms with van der Waals surface area (Å²) in [5.74, 6) is -0.461. The highest BCUT2D eigenvalue weighted by Gasteiger charge is 2.34. The summed E-state index contributed by atoms with van der Waals surface area (Å²) in [4.78, 5) is 31.4. The fourth-order valence-corrected chi connectivity index (χ4v) is 6.02. The number of carbonyl (C=O) groups excluding carboxylic acids is 2. The molecule has 0 atom stereocenters. The number of carbonyl (C=O) groups is 2. The number of amides is 1. The van der Waals surface area contributed by atoms with Crippen LogP contribution in [-0.4, -0.2) is 54.9 Å². The van der Waals surface area contributed by atoms with Crippen LogP contribution in [0.3, 0.4) is 0 Å². The predicted octanol–water partition coefficient (Wildman–Crippen LogP) is 3.77. The summed E-state index contributed by atoms with van der Waals surface area (Å²) >= 11 is 0. The van der Waals surface area contributed by atoms with E-state index in [0.29, 0.717) is 48.5 Å². The molecule has 0 aliphatic carbocycles. The van der Waals surface area contributed by atoms with Gasteiger partial charge in [-0.15, -0.1) is 0 Å². The van der Waals surface area contributed by atoms with Gasteiger partial charge in [0.1, 0.15) is 0 Å². The number of pyridine rings is 1. The number of Topliss-reactive ketones (excluding diaryl/α,β-unsaturated/α-hetero) is 1. The number of anilines is 1. The molecule has 1 saturated heterocycles. The van der Waals surface area contributed by atoms with Crippen molar-refractivity contribution in [3.63, 3.8) is 0 Å². The van der Waals surface area contributed by atoms with Gasteiger partial charge in [0.25, 0.3) is 0 Å². The Labute approximate surface area is 210 Å². The minimum absolute atomic E-state index is 0.0751. The molecule has 0 unspecified atom stereocenters. The molecule has 1 amide bonds. The highest BCUT2D eigenvalue weighted by molar-refractivity contribution is 7.88. The lowest BCUT2D eigenvalue weighted by Crippen LogP contribution is -2.42. The molecule has 5 rings (SSSR count). The van der Waals surface area contributed by atoms with Gasteiger partial charge in [-0.3, -0.25) is 14.5 Å². The van der Waals surface area contributed by atoms with Gasteiger partial charge in [0.2, 0.25) is 21.7 Å². The van der Waals surface area contributed by atoms with E-state index in [2.05, 4.69) is 4.98 Å². The number of ketones is 1. The number of hydrogen-bond donors (Lipinski definition) is 0. The standard InChI is InChI=1S/C27H27N3O5S/c1-18(31)30-25-6-4-3-5-23(25)27(32)26(30)16-21-9-8-20-15-19(7-10-24(20)28-21)17-29(36(2,33)34)22-11-13-35-14-12-22/h3-10,15-16,22H,11-14,17H2,1-2H3/b26-16-. The van der Waals surface area contributed by atoms with E-state index in [1.807, 2.05) is 24.3 Å². The molecular weight excluding hydrogens is 478 g/mol. The topological polar surface area (TPSA) is 96.9 Å². The van der Waals surface area contributed by atoms with Crippen LogP contribution in [0.1, 0.15) is 41.4 Å². The van der Waals surface area contributed by atoms with E-state index in [1.54, 1.807) is 40.7 Å². The van der Waals surface area contributed by atoms with Crippen molar-refractivity contribution in [3.05, 3.63) is 77.1 Å². The van der Waals surface area contributed by atoms with Gasteiger partial charge in [-0.25, -0.2) is 13.4 Å². The van der Waals surface area contributed by atoms with Gasteiger partial charge in [-0.2, -0.15) is 4.31 Å². The lowest BCUT2D eigenvalue weighted by atomic mass is 10.1. The molecular formula is C27H27N3O5S. The van der Waals surface area contributed by atoms with Gasteiger partial charge in [-0.1, -0.05) is 24.3 Å². The smallest absolute Gasteiger partial charge is 0.228 e. The lowest BCUT2D eigenvalue weighted by molar-refractivity contribution is -0.116. The summed E-state index contributed by atoms with van der Waals surface area (Å²) in [6, 6.07) is 16.3. The van der Waals surface area contributed by atoms with Crippen molar-refractivity contribution in [2.75, 3.05) is 24.4 Å². The Morgan fingerprint density at radius 2 is 1.89 bits per heavy atom. The average molecular weight is 506 g/mol. The Balaban J connectivity index is 1.44. The van der Waals surface area contributed by atoms with Gasteiger partial charge < -0.3 is 4.74 Å². The van der Waals surface area contributed by atoms with Gasteiger partial charge in [-0.05, 0) is 54.8 Å².